The van der Waals surface area contributed by atoms with E-state index in [4.69, 9.17) is 4.74 Å². The summed E-state index contributed by atoms with van der Waals surface area (Å²) in [6.45, 7) is 9.23. The number of rotatable bonds is 4. The van der Waals surface area contributed by atoms with E-state index in [2.05, 4.69) is 5.32 Å². The second-order valence-electron chi connectivity index (χ2n) is 4.69. The number of nitrogens with one attached hydrogen (secondary N) is 1. The summed E-state index contributed by atoms with van der Waals surface area (Å²) < 4.78 is 5.06. The molecule has 0 aliphatic carbocycles. The van der Waals surface area contributed by atoms with Crippen LogP contribution in [0.4, 0.5) is 4.79 Å². The first kappa shape index (κ1) is 13.9. The molecule has 0 saturated heterocycles. The van der Waals surface area contributed by atoms with E-state index >= 15 is 0 Å². The van der Waals surface area contributed by atoms with Crippen LogP contribution < -0.4 is 5.32 Å². The minimum absolute atomic E-state index is 0.120. The monoisotopic (exact) mass is 215 g/mol. The topological polar surface area (TPSA) is 55.4 Å². The summed E-state index contributed by atoms with van der Waals surface area (Å²) in [7, 11) is 0. The molecule has 1 amide bonds. The summed E-state index contributed by atoms with van der Waals surface area (Å²) in [5.41, 5.74) is -0.535. The average molecular weight is 215 g/mol. The van der Waals surface area contributed by atoms with Crippen molar-refractivity contribution in [3.8, 4) is 0 Å². The number of ether oxygens (including phenoxy) is 1. The highest BCUT2D eigenvalue weighted by atomic mass is 16.6. The van der Waals surface area contributed by atoms with Gasteiger partial charge in [0.1, 0.15) is 11.9 Å². The van der Waals surface area contributed by atoms with Gasteiger partial charge in [0.25, 0.3) is 0 Å². The Bertz CT molecular complexity index is 220. The van der Waals surface area contributed by atoms with E-state index in [9.17, 15) is 9.59 Å². The molecule has 0 saturated carbocycles. The van der Waals surface area contributed by atoms with Gasteiger partial charge in [0.15, 0.2) is 0 Å². The van der Waals surface area contributed by atoms with E-state index in [1.807, 2.05) is 13.8 Å². The molecule has 4 nitrogen and oxygen atoms in total. The van der Waals surface area contributed by atoms with Gasteiger partial charge in [-0.1, -0.05) is 20.3 Å². The molecular formula is C11H21NO3. The SMILES string of the molecule is CC[C@H](C)C(C=O)NC(=O)OC(C)(C)C. The number of amides is 1. The van der Waals surface area contributed by atoms with Crippen LogP contribution in [0.15, 0.2) is 0 Å². The molecule has 15 heavy (non-hydrogen) atoms. The highest BCUT2D eigenvalue weighted by molar-refractivity contribution is 5.73. The van der Waals surface area contributed by atoms with Gasteiger partial charge in [-0.3, -0.25) is 0 Å². The van der Waals surface area contributed by atoms with Crippen molar-refractivity contribution >= 4 is 12.4 Å². The van der Waals surface area contributed by atoms with Crippen LogP contribution in [0.3, 0.4) is 0 Å². The Balaban J connectivity index is 4.19. The Morgan fingerprint density at radius 2 is 2.00 bits per heavy atom. The lowest BCUT2D eigenvalue weighted by atomic mass is 10.0. The van der Waals surface area contributed by atoms with Crippen LogP contribution in [0.2, 0.25) is 0 Å². The van der Waals surface area contributed by atoms with Gasteiger partial charge in [-0.2, -0.15) is 0 Å². The lowest BCUT2D eigenvalue weighted by Crippen LogP contribution is -2.43. The van der Waals surface area contributed by atoms with E-state index < -0.39 is 17.7 Å². The second kappa shape index (κ2) is 5.73. The Labute approximate surface area is 91.4 Å². The van der Waals surface area contributed by atoms with Crippen molar-refractivity contribution in [2.24, 2.45) is 5.92 Å². The Morgan fingerprint density at radius 3 is 2.33 bits per heavy atom. The fraction of sp³-hybridized carbons (Fsp3) is 0.818. The van der Waals surface area contributed by atoms with Crippen LogP contribution in [0.5, 0.6) is 0 Å². The molecule has 0 heterocycles. The fourth-order valence-corrected chi connectivity index (χ4v) is 1.01. The lowest BCUT2D eigenvalue weighted by Gasteiger charge is -2.23. The summed E-state index contributed by atoms with van der Waals surface area (Å²) in [5, 5.41) is 2.54. The number of carbonyl (C=O) groups is 2. The average Bonchev–Trinajstić information content (AvgIpc) is 2.10. The quantitative estimate of drug-likeness (QED) is 0.731. The number of hydrogen-bond donors (Lipinski definition) is 1. The molecule has 0 spiro atoms. The Morgan fingerprint density at radius 1 is 1.47 bits per heavy atom. The van der Waals surface area contributed by atoms with Crippen molar-refractivity contribution in [2.45, 2.75) is 52.7 Å². The normalized spacial score (nSPS) is 15.3. The molecule has 0 aromatic rings. The van der Waals surface area contributed by atoms with Gasteiger partial charge in [-0.05, 0) is 26.7 Å². The molecule has 0 radical (unpaired) electrons. The van der Waals surface area contributed by atoms with Crippen LogP contribution in [-0.2, 0) is 9.53 Å². The van der Waals surface area contributed by atoms with Gasteiger partial charge < -0.3 is 14.8 Å². The minimum atomic E-state index is -0.542. The largest absolute Gasteiger partial charge is 0.444 e. The first-order valence-electron chi connectivity index (χ1n) is 5.25. The number of hydrogen-bond acceptors (Lipinski definition) is 3. The summed E-state index contributed by atoms with van der Waals surface area (Å²) in [6, 6.07) is -0.468. The standard InChI is InChI=1S/C11H21NO3/c1-6-8(2)9(7-13)12-10(14)15-11(3,4)5/h7-9H,6H2,1-5H3,(H,12,14)/t8-,9?/m0/s1. The zero-order valence-corrected chi connectivity index (χ0v) is 10.2. The third kappa shape index (κ3) is 6.10. The molecular weight excluding hydrogens is 194 g/mol. The van der Waals surface area contributed by atoms with Crippen LogP contribution in [0, 0.1) is 5.92 Å². The molecule has 0 bridgehead atoms. The first-order chi connectivity index (χ1) is 6.80. The molecule has 0 aromatic carbocycles. The van der Waals surface area contributed by atoms with Crippen molar-refractivity contribution in [1.29, 1.82) is 0 Å². The molecule has 2 atom stereocenters. The van der Waals surface area contributed by atoms with Gasteiger partial charge in [0.05, 0.1) is 6.04 Å². The highest BCUT2D eigenvalue weighted by Gasteiger charge is 2.21. The van der Waals surface area contributed by atoms with E-state index in [-0.39, 0.29) is 5.92 Å². The third-order valence-electron chi connectivity index (χ3n) is 2.09. The Hall–Kier alpha value is -1.06. The van der Waals surface area contributed by atoms with Gasteiger partial charge in [0.2, 0.25) is 0 Å². The van der Waals surface area contributed by atoms with Crippen molar-refractivity contribution in [3.05, 3.63) is 0 Å². The zero-order valence-electron chi connectivity index (χ0n) is 10.2. The van der Waals surface area contributed by atoms with Gasteiger partial charge in [-0.25, -0.2) is 4.79 Å². The summed E-state index contributed by atoms with van der Waals surface area (Å²) in [6.07, 6.45) is 1.04. The highest BCUT2D eigenvalue weighted by Crippen LogP contribution is 2.09. The molecule has 1 unspecified atom stereocenters. The maximum absolute atomic E-state index is 11.4. The summed E-state index contributed by atoms with van der Waals surface area (Å²) in [4.78, 5) is 22.1. The minimum Gasteiger partial charge on any atom is -0.444 e. The van der Waals surface area contributed by atoms with Crippen molar-refractivity contribution < 1.29 is 14.3 Å². The maximum atomic E-state index is 11.4. The molecule has 0 aromatic heterocycles. The first-order valence-corrected chi connectivity index (χ1v) is 5.25. The predicted molar refractivity (Wildman–Crippen MR) is 58.7 cm³/mol. The smallest absolute Gasteiger partial charge is 0.408 e. The molecule has 4 heteroatoms. The van der Waals surface area contributed by atoms with Gasteiger partial charge in [-0.15, -0.1) is 0 Å². The van der Waals surface area contributed by atoms with Crippen LogP contribution in [0.1, 0.15) is 41.0 Å². The summed E-state index contributed by atoms with van der Waals surface area (Å²) in [5.74, 6) is 0.120. The van der Waals surface area contributed by atoms with E-state index in [1.165, 1.54) is 0 Å². The number of carbonyl (C=O) groups excluding carboxylic acids is 2. The number of aldehydes is 1. The van der Waals surface area contributed by atoms with E-state index in [1.54, 1.807) is 20.8 Å². The van der Waals surface area contributed by atoms with Crippen molar-refractivity contribution in [2.75, 3.05) is 0 Å². The van der Waals surface area contributed by atoms with Crippen LogP contribution in [0.25, 0.3) is 0 Å². The van der Waals surface area contributed by atoms with E-state index in [0.717, 1.165) is 12.7 Å². The lowest BCUT2D eigenvalue weighted by molar-refractivity contribution is -0.110. The molecule has 0 aliphatic heterocycles. The maximum Gasteiger partial charge on any atom is 0.408 e. The molecule has 0 fully saturated rings. The third-order valence-corrected chi connectivity index (χ3v) is 2.09. The number of alkyl carbamates (subject to hydrolysis) is 1. The molecule has 1 N–H and O–H groups in total. The second-order valence-corrected chi connectivity index (χ2v) is 4.69. The van der Waals surface area contributed by atoms with Gasteiger partial charge >= 0.3 is 6.09 Å². The molecule has 0 aliphatic rings. The van der Waals surface area contributed by atoms with Crippen LogP contribution in [-0.4, -0.2) is 24.0 Å². The predicted octanol–water partition coefficient (Wildman–Crippen LogP) is 2.12. The van der Waals surface area contributed by atoms with E-state index in [0.29, 0.717) is 0 Å². The molecule has 88 valence electrons. The molecule has 0 rings (SSSR count). The summed E-state index contributed by atoms with van der Waals surface area (Å²) >= 11 is 0. The van der Waals surface area contributed by atoms with Gasteiger partial charge in [0, 0.05) is 0 Å². The van der Waals surface area contributed by atoms with Crippen molar-refractivity contribution in [1.82, 2.24) is 5.32 Å². The zero-order chi connectivity index (χ0) is 12.1. The fourth-order valence-electron chi connectivity index (χ4n) is 1.01. The Kier molecular flexibility index (Phi) is 5.33. The van der Waals surface area contributed by atoms with Crippen molar-refractivity contribution in [3.63, 3.8) is 0 Å². The van der Waals surface area contributed by atoms with Crippen LogP contribution >= 0.6 is 0 Å².